The van der Waals surface area contributed by atoms with Crippen LogP contribution in [0.2, 0.25) is 0 Å². The summed E-state index contributed by atoms with van der Waals surface area (Å²) in [6, 6.07) is 13.4. The smallest absolute Gasteiger partial charge is 0.312 e. The molecule has 0 aliphatic carbocycles. The van der Waals surface area contributed by atoms with E-state index in [0.717, 1.165) is 11.1 Å². The fourth-order valence-electron chi connectivity index (χ4n) is 2.03. The number of hydrogen-bond donors (Lipinski definition) is 2. The Balaban J connectivity index is 2.14. The first-order chi connectivity index (χ1) is 9.58. The second-order valence-corrected chi connectivity index (χ2v) is 4.64. The summed E-state index contributed by atoms with van der Waals surface area (Å²) < 4.78 is 13.2. The SMILES string of the molecule is Cc1ccc(F)cc1NCC(C(=O)O)c1ccccc1. The van der Waals surface area contributed by atoms with Crippen molar-refractivity contribution in [3.05, 3.63) is 65.5 Å². The molecule has 20 heavy (non-hydrogen) atoms. The van der Waals surface area contributed by atoms with Crippen molar-refractivity contribution in [2.75, 3.05) is 11.9 Å². The van der Waals surface area contributed by atoms with Crippen molar-refractivity contribution in [1.29, 1.82) is 0 Å². The Hall–Kier alpha value is -2.36. The Morgan fingerprint density at radius 3 is 2.60 bits per heavy atom. The molecule has 0 saturated carbocycles. The number of carbonyl (C=O) groups is 1. The van der Waals surface area contributed by atoms with Crippen molar-refractivity contribution in [2.24, 2.45) is 0 Å². The van der Waals surface area contributed by atoms with Crippen LogP contribution >= 0.6 is 0 Å². The Labute approximate surface area is 117 Å². The summed E-state index contributed by atoms with van der Waals surface area (Å²) in [5.74, 6) is -1.92. The average Bonchev–Trinajstić information content (AvgIpc) is 2.43. The first-order valence-electron chi connectivity index (χ1n) is 6.35. The van der Waals surface area contributed by atoms with E-state index in [1.807, 2.05) is 13.0 Å². The van der Waals surface area contributed by atoms with Gasteiger partial charge in [-0.15, -0.1) is 0 Å². The molecule has 2 aromatic rings. The van der Waals surface area contributed by atoms with E-state index in [1.54, 1.807) is 30.3 Å². The molecular formula is C16H16FNO2. The maximum absolute atomic E-state index is 13.2. The summed E-state index contributed by atoms with van der Waals surface area (Å²) >= 11 is 0. The van der Waals surface area contributed by atoms with Crippen molar-refractivity contribution in [1.82, 2.24) is 0 Å². The molecule has 0 amide bonds. The van der Waals surface area contributed by atoms with Crippen LogP contribution in [0.25, 0.3) is 0 Å². The van der Waals surface area contributed by atoms with Gasteiger partial charge >= 0.3 is 5.97 Å². The Bertz CT molecular complexity index is 599. The van der Waals surface area contributed by atoms with Gasteiger partial charge in [0.15, 0.2) is 0 Å². The predicted molar refractivity (Wildman–Crippen MR) is 76.4 cm³/mol. The van der Waals surface area contributed by atoms with Crippen molar-refractivity contribution in [2.45, 2.75) is 12.8 Å². The first kappa shape index (κ1) is 14.1. The van der Waals surface area contributed by atoms with Gasteiger partial charge in [0.25, 0.3) is 0 Å². The molecule has 2 aromatic carbocycles. The zero-order valence-corrected chi connectivity index (χ0v) is 11.1. The molecule has 0 aromatic heterocycles. The van der Waals surface area contributed by atoms with E-state index in [-0.39, 0.29) is 12.4 Å². The van der Waals surface area contributed by atoms with Crippen molar-refractivity contribution in [3.8, 4) is 0 Å². The maximum atomic E-state index is 13.2. The lowest BCUT2D eigenvalue weighted by Crippen LogP contribution is -2.21. The van der Waals surface area contributed by atoms with Crippen molar-refractivity contribution >= 4 is 11.7 Å². The van der Waals surface area contributed by atoms with Gasteiger partial charge in [-0.3, -0.25) is 4.79 Å². The number of carboxylic acids is 1. The number of nitrogens with one attached hydrogen (secondary N) is 1. The maximum Gasteiger partial charge on any atom is 0.312 e. The molecule has 0 aliphatic rings. The number of carboxylic acid groups (broad SMARTS) is 1. The lowest BCUT2D eigenvalue weighted by atomic mass is 9.99. The monoisotopic (exact) mass is 273 g/mol. The number of aryl methyl sites for hydroxylation is 1. The molecule has 0 heterocycles. The van der Waals surface area contributed by atoms with E-state index in [1.165, 1.54) is 12.1 Å². The quantitative estimate of drug-likeness (QED) is 0.877. The van der Waals surface area contributed by atoms with Crippen LogP contribution in [-0.2, 0) is 4.79 Å². The third-order valence-corrected chi connectivity index (χ3v) is 3.20. The Morgan fingerprint density at radius 2 is 1.95 bits per heavy atom. The highest BCUT2D eigenvalue weighted by molar-refractivity contribution is 5.77. The van der Waals surface area contributed by atoms with Gasteiger partial charge in [0.2, 0.25) is 0 Å². The molecule has 0 spiro atoms. The van der Waals surface area contributed by atoms with E-state index >= 15 is 0 Å². The number of rotatable bonds is 5. The van der Waals surface area contributed by atoms with Gasteiger partial charge in [-0.25, -0.2) is 4.39 Å². The number of anilines is 1. The average molecular weight is 273 g/mol. The molecule has 0 radical (unpaired) electrons. The number of aliphatic carboxylic acids is 1. The highest BCUT2D eigenvalue weighted by Gasteiger charge is 2.19. The highest BCUT2D eigenvalue weighted by Crippen LogP contribution is 2.20. The summed E-state index contributed by atoms with van der Waals surface area (Å²) in [6.07, 6.45) is 0. The summed E-state index contributed by atoms with van der Waals surface area (Å²) in [6.45, 7) is 2.06. The van der Waals surface area contributed by atoms with Gasteiger partial charge in [-0.05, 0) is 30.2 Å². The minimum absolute atomic E-state index is 0.212. The van der Waals surface area contributed by atoms with E-state index in [4.69, 9.17) is 0 Å². The lowest BCUT2D eigenvalue weighted by molar-refractivity contribution is -0.138. The summed E-state index contributed by atoms with van der Waals surface area (Å²) in [5.41, 5.74) is 2.22. The van der Waals surface area contributed by atoms with Crippen molar-refractivity contribution < 1.29 is 14.3 Å². The topological polar surface area (TPSA) is 49.3 Å². The van der Waals surface area contributed by atoms with Gasteiger partial charge in [0, 0.05) is 12.2 Å². The normalized spacial score (nSPS) is 11.9. The molecule has 2 N–H and O–H groups in total. The minimum Gasteiger partial charge on any atom is -0.481 e. The molecule has 4 heteroatoms. The van der Waals surface area contributed by atoms with Crippen LogP contribution in [-0.4, -0.2) is 17.6 Å². The van der Waals surface area contributed by atoms with E-state index < -0.39 is 11.9 Å². The zero-order chi connectivity index (χ0) is 14.5. The Kier molecular flexibility index (Phi) is 4.35. The van der Waals surface area contributed by atoms with Gasteiger partial charge in [0.05, 0.1) is 5.92 Å². The molecule has 1 unspecified atom stereocenters. The second-order valence-electron chi connectivity index (χ2n) is 4.64. The number of benzene rings is 2. The van der Waals surface area contributed by atoms with Gasteiger partial charge < -0.3 is 10.4 Å². The fraction of sp³-hybridized carbons (Fsp3) is 0.188. The first-order valence-corrected chi connectivity index (χ1v) is 6.35. The third-order valence-electron chi connectivity index (χ3n) is 3.20. The highest BCUT2D eigenvalue weighted by atomic mass is 19.1. The van der Waals surface area contributed by atoms with E-state index in [0.29, 0.717) is 5.69 Å². The molecule has 0 fully saturated rings. The van der Waals surface area contributed by atoms with Crippen LogP contribution in [0, 0.1) is 12.7 Å². The van der Waals surface area contributed by atoms with E-state index in [9.17, 15) is 14.3 Å². The van der Waals surface area contributed by atoms with Crippen LogP contribution in [0.1, 0.15) is 17.0 Å². The van der Waals surface area contributed by atoms with Crippen LogP contribution in [0.5, 0.6) is 0 Å². The number of hydrogen-bond acceptors (Lipinski definition) is 2. The number of halogens is 1. The summed E-state index contributed by atoms with van der Waals surface area (Å²) in [5, 5.41) is 12.3. The van der Waals surface area contributed by atoms with Crippen LogP contribution < -0.4 is 5.32 Å². The van der Waals surface area contributed by atoms with Gasteiger partial charge in [-0.1, -0.05) is 36.4 Å². The zero-order valence-electron chi connectivity index (χ0n) is 11.1. The molecule has 0 bridgehead atoms. The molecule has 0 aliphatic heterocycles. The Morgan fingerprint density at radius 1 is 1.25 bits per heavy atom. The summed E-state index contributed by atoms with van der Waals surface area (Å²) in [7, 11) is 0. The van der Waals surface area contributed by atoms with Gasteiger partial charge in [0.1, 0.15) is 5.82 Å². The van der Waals surface area contributed by atoms with Crippen LogP contribution in [0.15, 0.2) is 48.5 Å². The fourth-order valence-corrected chi connectivity index (χ4v) is 2.03. The molecule has 1 atom stereocenters. The van der Waals surface area contributed by atoms with Crippen molar-refractivity contribution in [3.63, 3.8) is 0 Å². The lowest BCUT2D eigenvalue weighted by Gasteiger charge is -2.16. The molecule has 0 saturated heterocycles. The largest absolute Gasteiger partial charge is 0.481 e. The van der Waals surface area contributed by atoms with Crippen LogP contribution in [0.3, 0.4) is 0 Å². The van der Waals surface area contributed by atoms with Crippen LogP contribution in [0.4, 0.5) is 10.1 Å². The van der Waals surface area contributed by atoms with E-state index in [2.05, 4.69) is 5.32 Å². The minimum atomic E-state index is -0.905. The third kappa shape index (κ3) is 3.35. The molecular weight excluding hydrogens is 257 g/mol. The molecule has 3 nitrogen and oxygen atoms in total. The second kappa shape index (κ2) is 6.19. The summed E-state index contributed by atoms with van der Waals surface area (Å²) in [4.78, 5) is 11.4. The standard InChI is InChI=1S/C16H16FNO2/c1-11-7-8-13(17)9-15(11)18-10-14(16(19)20)12-5-3-2-4-6-12/h2-9,14,18H,10H2,1H3,(H,19,20). The molecule has 104 valence electrons. The van der Waals surface area contributed by atoms with Gasteiger partial charge in [-0.2, -0.15) is 0 Å². The molecule has 2 rings (SSSR count). The predicted octanol–water partition coefficient (Wildman–Crippen LogP) is 3.41.